The number of rotatable bonds is 7. The van der Waals surface area contributed by atoms with E-state index in [1.807, 2.05) is 36.1 Å². The van der Waals surface area contributed by atoms with Crippen LogP contribution in [0.3, 0.4) is 0 Å². The molecular weight excluding hydrogens is 316 g/mol. The highest BCUT2D eigenvalue weighted by Crippen LogP contribution is 2.31. The molecule has 2 aliphatic rings. The first kappa shape index (κ1) is 17.8. The minimum absolute atomic E-state index is 0.0837. The molecule has 0 bridgehead atoms. The minimum atomic E-state index is 0.0837. The Kier molecular flexibility index (Phi) is 5.95. The standard InChI is InChI=1S/C20H28N2O3/c1-15-5-2-3-6-18(15)25-14-4-7-19(23)21-17-10-12-22(13-11-17)20(24)16-8-9-16/h2-3,5-6,16-17H,4,7-14H2,1H3,(H,21,23). The van der Waals surface area contributed by atoms with Gasteiger partial charge in [0.15, 0.2) is 0 Å². The molecular formula is C20H28N2O3. The van der Waals surface area contributed by atoms with Gasteiger partial charge in [-0.15, -0.1) is 0 Å². The molecule has 1 saturated carbocycles. The summed E-state index contributed by atoms with van der Waals surface area (Å²) in [5, 5.41) is 3.10. The van der Waals surface area contributed by atoms with E-state index < -0.39 is 0 Å². The molecule has 1 heterocycles. The molecule has 25 heavy (non-hydrogen) atoms. The number of hydrogen-bond donors (Lipinski definition) is 1. The maximum absolute atomic E-state index is 12.1. The molecule has 1 saturated heterocycles. The second-order valence-electron chi connectivity index (χ2n) is 7.16. The highest BCUT2D eigenvalue weighted by Gasteiger charge is 2.34. The van der Waals surface area contributed by atoms with Gasteiger partial charge in [0.2, 0.25) is 11.8 Å². The Bertz CT molecular complexity index is 605. The second-order valence-corrected chi connectivity index (χ2v) is 7.16. The van der Waals surface area contributed by atoms with Gasteiger partial charge < -0.3 is 15.0 Å². The normalized spacial score (nSPS) is 18.0. The van der Waals surface area contributed by atoms with Crippen molar-refractivity contribution in [2.24, 2.45) is 5.92 Å². The predicted molar refractivity (Wildman–Crippen MR) is 96.4 cm³/mol. The van der Waals surface area contributed by atoms with E-state index in [9.17, 15) is 9.59 Å². The molecule has 136 valence electrons. The van der Waals surface area contributed by atoms with Gasteiger partial charge in [-0.25, -0.2) is 0 Å². The zero-order valence-electron chi connectivity index (χ0n) is 15.0. The van der Waals surface area contributed by atoms with Gasteiger partial charge >= 0.3 is 0 Å². The molecule has 1 aliphatic carbocycles. The van der Waals surface area contributed by atoms with E-state index in [0.29, 0.717) is 31.3 Å². The van der Waals surface area contributed by atoms with Crippen LogP contribution < -0.4 is 10.1 Å². The lowest BCUT2D eigenvalue weighted by molar-refractivity contribution is -0.133. The number of nitrogens with one attached hydrogen (secondary N) is 1. The fourth-order valence-corrected chi connectivity index (χ4v) is 3.27. The van der Waals surface area contributed by atoms with E-state index in [0.717, 1.165) is 50.1 Å². The van der Waals surface area contributed by atoms with Crippen LogP contribution in [0, 0.1) is 12.8 Å². The number of ether oxygens (including phenoxy) is 1. The van der Waals surface area contributed by atoms with Crippen molar-refractivity contribution in [1.29, 1.82) is 0 Å². The SMILES string of the molecule is Cc1ccccc1OCCCC(=O)NC1CCN(C(=O)C2CC2)CC1. The third-order valence-electron chi connectivity index (χ3n) is 5.00. The fourth-order valence-electron chi connectivity index (χ4n) is 3.27. The molecule has 0 unspecified atom stereocenters. The first-order valence-electron chi connectivity index (χ1n) is 9.40. The number of para-hydroxylation sites is 1. The van der Waals surface area contributed by atoms with Crippen LogP contribution in [0.25, 0.3) is 0 Å². The third-order valence-corrected chi connectivity index (χ3v) is 5.00. The summed E-state index contributed by atoms with van der Waals surface area (Å²) in [6.07, 6.45) is 5.03. The number of amides is 2. The smallest absolute Gasteiger partial charge is 0.225 e. The second kappa shape index (κ2) is 8.37. The molecule has 2 fully saturated rings. The van der Waals surface area contributed by atoms with Crippen molar-refractivity contribution in [3.63, 3.8) is 0 Å². The minimum Gasteiger partial charge on any atom is -0.493 e. The molecule has 0 atom stereocenters. The highest BCUT2D eigenvalue weighted by atomic mass is 16.5. The predicted octanol–water partition coefficient (Wildman–Crippen LogP) is 2.67. The lowest BCUT2D eigenvalue weighted by Gasteiger charge is -2.32. The average molecular weight is 344 g/mol. The van der Waals surface area contributed by atoms with Crippen LogP contribution in [0.5, 0.6) is 5.75 Å². The van der Waals surface area contributed by atoms with Gasteiger partial charge in [-0.05, 0) is 50.7 Å². The molecule has 5 nitrogen and oxygen atoms in total. The Morgan fingerprint density at radius 3 is 2.56 bits per heavy atom. The Hall–Kier alpha value is -2.04. The summed E-state index contributed by atoms with van der Waals surface area (Å²) in [5.74, 6) is 1.58. The maximum Gasteiger partial charge on any atom is 0.225 e. The number of carbonyl (C=O) groups excluding carboxylic acids is 2. The molecule has 2 amide bonds. The van der Waals surface area contributed by atoms with Crippen LogP contribution >= 0.6 is 0 Å². The molecule has 5 heteroatoms. The topological polar surface area (TPSA) is 58.6 Å². The van der Waals surface area contributed by atoms with Crippen LogP contribution in [0.15, 0.2) is 24.3 Å². The Morgan fingerprint density at radius 2 is 1.88 bits per heavy atom. The van der Waals surface area contributed by atoms with E-state index >= 15 is 0 Å². The van der Waals surface area contributed by atoms with Crippen molar-refractivity contribution in [2.45, 2.75) is 51.5 Å². The Labute approximate surface area is 149 Å². The fraction of sp³-hybridized carbons (Fsp3) is 0.600. The largest absolute Gasteiger partial charge is 0.493 e. The summed E-state index contributed by atoms with van der Waals surface area (Å²) in [6, 6.07) is 8.11. The molecule has 1 aromatic rings. The van der Waals surface area contributed by atoms with Crippen LogP contribution in [0.2, 0.25) is 0 Å². The summed E-state index contributed by atoms with van der Waals surface area (Å²) in [7, 11) is 0. The number of piperidine rings is 1. The summed E-state index contributed by atoms with van der Waals surface area (Å²) < 4.78 is 5.72. The van der Waals surface area contributed by atoms with Crippen molar-refractivity contribution in [3.05, 3.63) is 29.8 Å². The van der Waals surface area contributed by atoms with Gasteiger partial charge in [-0.1, -0.05) is 18.2 Å². The average Bonchev–Trinajstić information content (AvgIpc) is 3.45. The van der Waals surface area contributed by atoms with Crippen molar-refractivity contribution in [3.8, 4) is 5.75 Å². The zero-order chi connectivity index (χ0) is 17.6. The van der Waals surface area contributed by atoms with Crippen molar-refractivity contribution < 1.29 is 14.3 Å². The Balaban J connectivity index is 1.29. The summed E-state index contributed by atoms with van der Waals surface area (Å²) in [5.41, 5.74) is 1.11. The van der Waals surface area contributed by atoms with Gasteiger partial charge in [-0.3, -0.25) is 9.59 Å². The summed E-state index contributed by atoms with van der Waals surface area (Å²) in [4.78, 5) is 26.1. The number of hydrogen-bond acceptors (Lipinski definition) is 3. The maximum atomic E-state index is 12.1. The van der Waals surface area contributed by atoms with E-state index in [1.165, 1.54) is 0 Å². The van der Waals surface area contributed by atoms with Crippen molar-refractivity contribution >= 4 is 11.8 Å². The molecule has 1 aromatic carbocycles. The molecule has 3 rings (SSSR count). The monoisotopic (exact) mass is 344 g/mol. The van der Waals surface area contributed by atoms with Gasteiger partial charge in [0, 0.05) is 31.5 Å². The van der Waals surface area contributed by atoms with Gasteiger partial charge in [-0.2, -0.15) is 0 Å². The third kappa shape index (κ3) is 5.21. The van der Waals surface area contributed by atoms with Crippen LogP contribution in [0.4, 0.5) is 0 Å². The summed E-state index contributed by atoms with van der Waals surface area (Å²) in [6.45, 7) is 4.11. The molecule has 0 spiro atoms. The van der Waals surface area contributed by atoms with Crippen LogP contribution in [-0.4, -0.2) is 42.5 Å². The van der Waals surface area contributed by atoms with Crippen LogP contribution in [-0.2, 0) is 9.59 Å². The lowest BCUT2D eigenvalue weighted by Crippen LogP contribution is -2.47. The van der Waals surface area contributed by atoms with E-state index in [-0.39, 0.29) is 11.9 Å². The number of nitrogens with zero attached hydrogens (tertiary/aromatic N) is 1. The molecule has 0 radical (unpaired) electrons. The van der Waals surface area contributed by atoms with Gasteiger partial charge in [0.1, 0.15) is 5.75 Å². The van der Waals surface area contributed by atoms with Crippen LogP contribution in [0.1, 0.15) is 44.1 Å². The molecule has 0 aromatic heterocycles. The number of aryl methyl sites for hydroxylation is 1. The first-order chi connectivity index (χ1) is 12.1. The van der Waals surface area contributed by atoms with E-state index in [4.69, 9.17) is 4.74 Å². The summed E-state index contributed by atoms with van der Waals surface area (Å²) >= 11 is 0. The molecule has 1 N–H and O–H groups in total. The number of benzene rings is 1. The van der Waals surface area contributed by atoms with Crippen molar-refractivity contribution in [1.82, 2.24) is 10.2 Å². The number of likely N-dealkylation sites (tertiary alicyclic amines) is 1. The number of carbonyl (C=O) groups is 2. The Morgan fingerprint density at radius 1 is 1.16 bits per heavy atom. The van der Waals surface area contributed by atoms with Crippen molar-refractivity contribution in [2.75, 3.05) is 19.7 Å². The molecule has 1 aliphatic heterocycles. The van der Waals surface area contributed by atoms with E-state index in [1.54, 1.807) is 0 Å². The van der Waals surface area contributed by atoms with Gasteiger partial charge in [0.25, 0.3) is 0 Å². The lowest BCUT2D eigenvalue weighted by atomic mass is 10.0. The van der Waals surface area contributed by atoms with Gasteiger partial charge in [0.05, 0.1) is 6.61 Å². The highest BCUT2D eigenvalue weighted by molar-refractivity contribution is 5.81. The zero-order valence-corrected chi connectivity index (χ0v) is 15.0. The first-order valence-corrected chi connectivity index (χ1v) is 9.40. The van der Waals surface area contributed by atoms with E-state index in [2.05, 4.69) is 5.32 Å². The quantitative estimate of drug-likeness (QED) is 0.774.